The number of ether oxygens (including phenoxy) is 3. The highest BCUT2D eigenvalue weighted by Crippen LogP contribution is 2.29. The Kier molecular flexibility index (Phi) is 7.67. The molecule has 1 amide bonds. The number of carbonyl (C=O) groups is 2. The average molecular weight is 371 g/mol. The summed E-state index contributed by atoms with van der Waals surface area (Å²) in [6, 6.07) is 14.3. The number of esters is 1. The predicted molar refractivity (Wildman–Crippen MR) is 102 cm³/mol. The lowest BCUT2D eigenvalue weighted by Gasteiger charge is -2.15. The highest BCUT2D eigenvalue weighted by molar-refractivity contribution is 5.92. The summed E-state index contributed by atoms with van der Waals surface area (Å²) < 4.78 is 16.3. The maximum absolute atomic E-state index is 12.4. The first kappa shape index (κ1) is 20.3. The molecule has 2 rings (SSSR count). The number of carbonyl (C=O) groups excluding carboxylic acids is 2. The molecule has 0 aliphatic rings. The van der Waals surface area contributed by atoms with Crippen molar-refractivity contribution in [3.05, 3.63) is 59.7 Å². The lowest BCUT2D eigenvalue weighted by molar-refractivity contribution is -0.129. The number of benzene rings is 2. The van der Waals surface area contributed by atoms with Gasteiger partial charge in [0.15, 0.2) is 17.6 Å². The van der Waals surface area contributed by atoms with Crippen molar-refractivity contribution >= 4 is 11.9 Å². The molecule has 6 nitrogen and oxygen atoms in total. The molecule has 0 saturated carbocycles. The van der Waals surface area contributed by atoms with Crippen LogP contribution >= 0.6 is 0 Å². The maximum atomic E-state index is 12.4. The van der Waals surface area contributed by atoms with E-state index in [1.54, 1.807) is 18.2 Å². The molecule has 0 aliphatic carbocycles. The molecule has 2 aromatic rings. The van der Waals surface area contributed by atoms with Crippen molar-refractivity contribution in [1.82, 2.24) is 5.32 Å². The molecule has 27 heavy (non-hydrogen) atoms. The Balaban J connectivity index is 1.96. The highest BCUT2D eigenvalue weighted by atomic mass is 16.5. The third-order valence-corrected chi connectivity index (χ3v) is 3.74. The first-order valence-corrected chi connectivity index (χ1v) is 8.97. The molecule has 0 fully saturated rings. The fraction of sp³-hybridized carbons (Fsp3) is 0.333. The molecular formula is C21H25NO5. The van der Waals surface area contributed by atoms with Gasteiger partial charge in [-0.25, -0.2) is 4.79 Å². The summed E-state index contributed by atoms with van der Waals surface area (Å²) in [4.78, 5) is 24.5. The van der Waals surface area contributed by atoms with E-state index in [4.69, 9.17) is 14.2 Å². The maximum Gasteiger partial charge on any atom is 0.339 e. The minimum absolute atomic E-state index is 0.296. The minimum atomic E-state index is -0.914. The summed E-state index contributed by atoms with van der Waals surface area (Å²) in [5.41, 5.74) is 1.27. The van der Waals surface area contributed by atoms with Crippen LogP contribution in [0.3, 0.4) is 0 Å². The summed E-state index contributed by atoms with van der Waals surface area (Å²) in [5.74, 6) is 0.0732. The van der Waals surface area contributed by atoms with E-state index in [1.165, 1.54) is 6.92 Å². The Labute approximate surface area is 159 Å². The van der Waals surface area contributed by atoms with Crippen LogP contribution in [0.15, 0.2) is 48.5 Å². The first-order chi connectivity index (χ1) is 13.0. The SMILES string of the molecule is CCOc1ccc(C(=O)O[C@@H](C)C(=O)NCc2ccccc2)cc1OCC. The van der Waals surface area contributed by atoms with Crippen molar-refractivity contribution in [3.63, 3.8) is 0 Å². The second kappa shape index (κ2) is 10.2. The molecule has 0 aromatic heterocycles. The number of hydrogen-bond donors (Lipinski definition) is 1. The third kappa shape index (κ3) is 6.02. The zero-order valence-corrected chi connectivity index (χ0v) is 15.9. The van der Waals surface area contributed by atoms with E-state index in [0.717, 1.165) is 5.56 Å². The predicted octanol–water partition coefficient (Wildman–Crippen LogP) is 3.35. The Morgan fingerprint density at radius 2 is 1.63 bits per heavy atom. The monoisotopic (exact) mass is 371 g/mol. The van der Waals surface area contributed by atoms with Gasteiger partial charge >= 0.3 is 5.97 Å². The quantitative estimate of drug-likeness (QED) is 0.685. The van der Waals surface area contributed by atoms with Crippen molar-refractivity contribution in [1.29, 1.82) is 0 Å². The molecule has 0 saturated heterocycles. The molecule has 6 heteroatoms. The zero-order chi connectivity index (χ0) is 19.6. The number of nitrogens with one attached hydrogen (secondary N) is 1. The van der Waals surface area contributed by atoms with Gasteiger partial charge in [-0.15, -0.1) is 0 Å². The molecule has 2 aromatic carbocycles. The third-order valence-electron chi connectivity index (χ3n) is 3.74. The second-order valence-electron chi connectivity index (χ2n) is 5.78. The Morgan fingerprint density at radius 3 is 2.30 bits per heavy atom. The number of hydrogen-bond acceptors (Lipinski definition) is 5. The standard InChI is InChI=1S/C21H25NO5/c1-4-25-18-12-11-17(13-19(18)26-5-2)21(24)27-15(3)20(23)22-14-16-9-7-6-8-10-16/h6-13,15H,4-5,14H2,1-3H3,(H,22,23)/t15-/m0/s1. The lowest BCUT2D eigenvalue weighted by Crippen LogP contribution is -2.35. The molecule has 1 N–H and O–H groups in total. The second-order valence-corrected chi connectivity index (χ2v) is 5.78. The summed E-state index contributed by atoms with van der Waals surface area (Å²) in [6.07, 6.45) is -0.914. The molecular weight excluding hydrogens is 346 g/mol. The molecule has 0 heterocycles. The van der Waals surface area contributed by atoms with Gasteiger partial charge in [0, 0.05) is 6.54 Å². The van der Waals surface area contributed by atoms with Crippen LogP contribution in [0.2, 0.25) is 0 Å². The molecule has 0 unspecified atom stereocenters. The van der Waals surface area contributed by atoms with E-state index in [2.05, 4.69) is 5.32 Å². The van der Waals surface area contributed by atoms with Gasteiger partial charge in [0.05, 0.1) is 18.8 Å². The van der Waals surface area contributed by atoms with Crippen LogP contribution < -0.4 is 14.8 Å². The van der Waals surface area contributed by atoms with Crippen LogP contribution in [0.4, 0.5) is 0 Å². The van der Waals surface area contributed by atoms with Crippen LogP contribution in [0.5, 0.6) is 11.5 Å². The van der Waals surface area contributed by atoms with Crippen LogP contribution in [-0.4, -0.2) is 31.2 Å². The summed E-state index contributed by atoms with van der Waals surface area (Å²) >= 11 is 0. The molecule has 144 valence electrons. The van der Waals surface area contributed by atoms with Crippen molar-refractivity contribution in [2.75, 3.05) is 13.2 Å². The van der Waals surface area contributed by atoms with Crippen molar-refractivity contribution < 1.29 is 23.8 Å². The summed E-state index contributed by atoms with van der Waals surface area (Å²) in [5, 5.41) is 2.75. The topological polar surface area (TPSA) is 73.9 Å². The van der Waals surface area contributed by atoms with Crippen LogP contribution in [-0.2, 0) is 16.1 Å². The van der Waals surface area contributed by atoms with Gasteiger partial charge in [0.25, 0.3) is 5.91 Å². The fourth-order valence-corrected chi connectivity index (χ4v) is 2.39. The van der Waals surface area contributed by atoms with E-state index in [1.807, 2.05) is 44.2 Å². The van der Waals surface area contributed by atoms with E-state index >= 15 is 0 Å². The van der Waals surface area contributed by atoms with Gasteiger partial charge in [-0.3, -0.25) is 4.79 Å². The average Bonchev–Trinajstić information content (AvgIpc) is 2.68. The van der Waals surface area contributed by atoms with E-state index in [-0.39, 0.29) is 5.91 Å². The summed E-state index contributed by atoms with van der Waals surface area (Å²) in [7, 11) is 0. The zero-order valence-electron chi connectivity index (χ0n) is 15.9. The molecule has 0 aliphatic heterocycles. The van der Waals surface area contributed by atoms with Gasteiger partial charge in [-0.05, 0) is 44.5 Å². The van der Waals surface area contributed by atoms with Crippen LogP contribution in [0, 0.1) is 0 Å². The Morgan fingerprint density at radius 1 is 0.963 bits per heavy atom. The minimum Gasteiger partial charge on any atom is -0.490 e. The van der Waals surface area contributed by atoms with Gasteiger partial charge in [-0.1, -0.05) is 30.3 Å². The number of rotatable bonds is 9. The molecule has 1 atom stereocenters. The Hall–Kier alpha value is -3.02. The van der Waals surface area contributed by atoms with Gasteiger partial charge in [-0.2, -0.15) is 0 Å². The molecule has 0 bridgehead atoms. The first-order valence-electron chi connectivity index (χ1n) is 8.97. The fourth-order valence-electron chi connectivity index (χ4n) is 2.39. The smallest absolute Gasteiger partial charge is 0.339 e. The summed E-state index contributed by atoms with van der Waals surface area (Å²) in [6.45, 7) is 6.56. The van der Waals surface area contributed by atoms with Crippen molar-refractivity contribution in [2.45, 2.75) is 33.4 Å². The van der Waals surface area contributed by atoms with E-state index in [0.29, 0.717) is 36.8 Å². The largest absolute Gasteiger partial charge is 0.490 e. The highest BCUT2D eigenvalue weighted by Gasteiger charge is 2.20. The molecule has 0 spiro atoms. The van der Waals surface area contributed by atoms with E-state index < -0.39 is 12.1 Å². The molecule has 0 radical (unpaired) electrons. The number of amides is 1. The van der Waals surface area contributed by atoms with Crippen LogP contribution in [0.1, 0.15) is 36.7 Å². The lowest BCUT2D eigenvalue weighted by atomic mass is 10.2. The van der Waals surface area contributed by atoms with E-state index in [9.17, 15) is 9.59 Å². The Bertz CT molecular complexity index is 760. The van der Waals surface area contributed by atoms with Gasteiger partial charge in [0.1, 0.15) is 0 Å². The van der Waals surface area contributed by atoms with Gasteiger partial charge < -0.3 is 19.5 Å². The van der Waals surface area contributed by atoms with Crippen LogP contribution in [0.25, 0.3) is 0 Å². The van der Waals surface area contributed by atoms with Gasteiger partial charge in [0.2, 0.25) is 0 Å². The van der Waals surface area contributed by atoms with Crippen molar-refractivity contribution in [2.24, 2.45) is 0 Å². The normalized spacial score (nSPS) is 11.4. The van der Waals surface area contributed by atoms with Crippen molar-refractivity contribution in [3.8, 4) is 11.5 Å².